The van der Waals surface area contributed by atoms with Gasteiger partial charge in [-0.25, -0.2) is 0 Å². The van der Waals surface area contributed by atoms with E-state index < -0.39 is 12.0 Å². The number of nitrogens with zero attached hydrogens (tertiary/aromatic N) is 4. The third kappa shape index (κ3) is 3.14. The molecule has 1 unspecified atom stereocenters. The molecule has 1 aromatic heterocycles. The van der Waals surface area contributed by atoms with Gasteiger partial charge in [-0.05, 0) is 26.8 Å². The number of aryl methyl sites for hydroxylation is 2. The highest BCUT2D eigenvalue weighted by Gasteiger charge is 2.26. The Morgan fingerprint density at radius 1 is 1.38 bits per heavy atom. The summed E-state index contributed by atoms with van der Waals surface area (Å²) in [6, 6.07) is 3.69. The molecule has 0 aliphatic carbocycles. The summed E-state index contributed by atoms with van der Waals surface area (Å²) < 4.78 is 0. The largest absolute Gasteiger partial charge is 0.480 e. The van der Waals surface area contributed by atoms with E-state index in [-0.39, 0.29) is 0 Å². The van der Waals surface area contributed by atoms with Gasteiger partial charge in [0.05, 0.1) is 16.9 Å². The first kappa shape index (κ1) is 15.3. The molecule has 0 spiro atoms. The van der Waals surface area contributed by atoms with E-state index in [0.717, 1.165) is 30.2 Å². The average Bonchev–Trinajstić information content (AvgIpc) is 2.46. The number of piperazine rings is 1. The first-order valence-corrected chi connectivity index (χ1v) is 7.04. The number of hydrogen-bond acceptors (Lipinski definition) is 5. The van der Waals surface area contributed by atoms with Gasteiger partial charge in [0, 0.05) is 31.9 Å². The smallest absolute Gasteiger partial charge is 0.320 e. The summed E-state index contributed by atoms with van der Waals surface area (Å²) in [5, 5.41) is 18.4. The number of nitriles is 1. The summed E-state index contributed by atoms with van der Waals surface area (Å²) in [5.41, 5.74) is 3.15. The maximum atomic E-state index is 11.0. The first-order chi connectivity index (χ1) is 9.93. The maximum absolute atomic E-state index is 11.0. The Kier molecular flexibility index (Phi) is 4.43. The van der Waals surface area contributed by atoms with E-state index in [9.17, 15) is 10.1 Å². The molecule has 1 atom stereocenters. The van der Waals surface area contributed by atoms with Crippen molar-refractivity contribution in [1.82, 2.24) is 9.88 Å². The molecule has 2 rings (SSSR count). The molecule has 6 nitrogen and oxygen atoms in total. The van der Waals surface area contributed by atoms with Gasteiger partial charge in [0.2, 0.25) is 0 Å². The molecule has 1 aromatic rings. The third-order valence-electron chi connectivity index (χ3n) is 3.98. The number of carboxylic acid groups (broad SMARTS) is 1. The van der Waals surface area contributed by atoms with E-state index in [2.05, 4.69) is 16.0 Å². The fraction of sp³-hybridized carbons (Fsp3) is 0.533. The normalized spacial score (nSPS) is 17.3. The second kappa shape index (κ2) is 6.10. The van der Waals surface area contributed by atoms with E-state index in [1.54, 1.807) is 6.92 Å². The van der Waals surface area contributed by atoms with Gasteiger partial charge in [0.1, 0.15) is 12.1 Å². The van der Waals surface area contributed by atoms with Crippen LogP contribution in [0, 0.1) is 25.2 Å². The number of pyridine rings is 1. The molecule has 1 fully saturated rings. The molecule has 6 heteroatoms. The van der Waals surface area contributed by atoms with Crippen molar-refractivity contribution in [2.24, 2.45) is 0 Å². The van der Waals surface area contributed by atoms with Gasteiger partial charge in [-0.3, -0.25) is 14.7 Å². The molecule has 0 aromatic carbocycles. The monoisotopic (exact) mass is 288 g/mol. The van der Waals surface area contributed by atoms with Crippen LogP contribution < -0.4 is 4.90 Å². The Hall–Kier alpha value is -2.13. The number of aromatic nitrogens is 1. The highest BCUT2D eigenvalue weighted by molar-refractivity contribution is 5.73. The Morgan fingerprint density at radius 3 is 2.52 bits per heavy atom. The van der Waals surface area contributed by atoms with Gasteiger partial charge in [0.25, 0.3) is 0 Å². The van der Waals surface area contributed by atoms with Gasteiger partial charge in [-0.2, -0.15) is 5.26 Å². The summed E-state index contributed by atoms with van der Waals surface area (Å²) in [4.78, 5) is 19.5. The second-order valence-electron chi connectivity index (χ2n) is 5.39. The molecule has 1 aliphatic heterocycles. The standard InChI is InChI=1S/C15H20N4O2/c1-10-8-14(13(9-16)11(2)17-10)19-6-4-18(5-7-19)12(3)15(20)21/h8,12H,4-7H2,1-3H3,(H,20,21). The van der Waals surface area contributed by atoms with Gasteiger partial charge in [-0.15, -0.1) is 0 Å². The Morgan fingerprint density at radius 2 is 2.00 bits per heavy atom. The lowest BCUT2D eigenvalue weighted by Gasteiger charge is -2.38. The van der Waals surface area contributed by atoms with Crippen molar-refractivity contribution in [3.8, 4) is 6.07 Å². The Balaban J connectivity index is 2.17. The van der Waals surface area contributed by atoms with E-state index in [1.807, 2.05) is 24.8 Å². The summed E-state index contributed by atoms with van der Waals surface area (Å²) in [6.45, 7) is 8.26. The van der Waals surface area contributed by atoms with Crippen LogP contribution in [0.5, 0.6) is 0 Å². The Bertz CT molecular complexity index is 586. The molecule has 112 valence electrons. The summed E-state index contributed by atoms with van der Waals surface area (Å²) in [6.07, 6.45) is 0. The molecular formula is C15H20N4O2. The molecule has 0 radical (unpaired) electrons. The number of hydrogen-bond donors (Lipinski definition) is 1. The molecule has 21 heavy (non-hydrogen) atoms. The predicted octanol–water partition coefficient (Wildman–Crippen LogP) is 1.17. The van der Waals surface area contributed by atoms with Crippen LogP contribution in [0.1, 0.15) is 23.9 Å². The summed E-state index contributed by atoms with van der Waals surface area (Å²) in [7, 11) is 0. The molecular weight excluding hydrogens is 268 g/mol. The van der Waals surface area contributed by atoms with E-state index in [0.29, 0.717) is 18.7 Å². The first-order valence-electron chi connectivity index (χ1n) is 7.04. The minimum atomic E-state index is -0.795. The van der Waals surface area contributed by atoms with Crippen LogP contribution in [0.4, 0.5) is 5.69 Å². The lowest BCUT2D eigenvalue weighted by atomic mass is 10.1. The summed E-state index contributed by atoms with van der Waals surface area (Å²) >= 11 is 0. The minimum Gasteiger partial charge on any atom is -0.480 e. The van der Waals surface area contributed by atoms with Crippen LogP contribution in [0.3, 0.4) is 0 Å². The van der Waals surface area contributed by atoms with Gasteiger partial charge in [0.15, 0.2) is 0 Å². The lowest BCUT2D eigenvalue weighted by molar-refractivity contribution is -0.142. The van der Waals surface area contributed by atoms with Crippen molar-refractivity contribution >= 4 is 11.7 Å². The quantitative estimate of drug-likeness (QED) is 0.899. The second-order valence-corrected chi connectivity index (χ2v) is 5.39. The van der Waals surface area contributed by atoms with Gasteiger partial charge >= 0.3 is 5.97 Å². The molecule has 2 heterocycles. The topological polar surface area (TPSA) is 80.5 Å². The van der Waals surface area contributed by atoms with Gasteiger partial charge < -0.3 is 10.0 Å². The molecule has 1 N–H and O–H groups in total. The molecule has 1 aliphatic rings. The van der Waals surface area contributed by atoms with Crippen LogP contribution in [-0.2, 0) is 4.79 Å². The number of aliphatic carboxylic acids is 1. The zero-order chi connectivity index (χ0) is 15.6. The fourth-order valence-electron chi connectivity index (χ4n) is 2.70. The van der Waals surface area contributed by atoms with Crippen molar-refractivity contribution in [3.63, 3.8) is 0 Å². The molecule has 0 amide bonds. The van der Waals surface area contributed by atoms with Crippen molar-refractivity contribution in [2.75, 3.05) is 31.1 Å². The van der Waals surface area contributed by atoms with Crippen molar-refractivity contribution in [3.05, 3.63) is 23.0 Å². The molecule has 1 saturated heterocycles. The van der Waals surface area contributed by atoms with Crippen LogP contribution in [-0.4, -0.2) is 53.2 Å². The minimum absolute atomic E-state index is 0.469. The average molecular weight is 288 g/mol. The highest BCUT2D eigenvalue weighted by Crippen LogP contribution is 2.24. The third-order valence-corrected chi connectivity index (χ3v) is 3.98. The number of rotatable bonds is 3. The van der Waals surface area contributed by atoms with E-state index in [4.69, 9.17) is 5.11 Å². The number of anilines is 1. The molecule has 0 saturated carbocycles. The van der Waals surface area contributed by atoms with E-state index >= 15 is 0 Å². The summed E-state index contributed by atoms with van der Waals surface area (Å²) in [5.74, 6) is -0.795. The van der Waals surface area contributed by atoms with Crippen LogP contribution >= 0.6 is 0 Å². The van der Waals surface area contributed by atoms with Gasteiger partial charge in [-0.1, -0.05) is 0 Å². The molecule has 0 bridgehead atoms. The maximum Gasteiger partial charge on any atom is 0.320 e. The lowest BCUT2D eigenvalue weighted by Crippen LogP contribution is -2.52. The fourth-order valence-corrected chi connectivity index (χ4v) is 2.70. The van der Waals surface area contributed by atoms with Crippen LogP contribution in [0.2, 0.25) is 0 Å². The number of carboxylic acids is 1. The van der Waals surface area contributed by atoms with Crippen LogP contribution in [0.15, 0.2) is 6.07 Å². The predicted molar refractivity (Wildman–Crippen MR) is 79.3 cm³/mol. The zero-order valence-corrected chi connectivity index (χ0v) is 12.6. The highest BCUT2D eigenvalue weighted by atomic mass is 16.4. The van der Waals surface area contributed by atoms with Crippen LogP contribution in [0.25, 0.3) is 0 Å². The SMILES string of the molecule is Cc1cc(N2CCN(C(C)C(=O)O)CC2)c(C#N)c(C)n1. The van der Waals surface area contributed by atoms with Crippen molar-refractivity contribution < 1.29 is 9.90 Å². The van der Waals surface area contributed by atoms with E-state index in [1.165, 1.54) is 0 Å². The zero-order valence-electron chi connectivity index (χ0n) is 12.6. The van der Waals surface area contributed by atoms with Crippen molar-refractivity contribution in [1.29, 1.82) is 5.26 Å². The Labute approximate surface area is 124 Å². The van der Waals surface area contributed by atoms with Crippen molar-refractivity contribution in [2.45, 2.75) is 26.8 Å². The number of carbonyl (C=O) groups is 1.